The van der Waals surface area contributed by atoms with Crippen LogP contribution in [0, 0.1) is 5.82 Å². The average molecular weight is 450 g/mol. The maximum absolute atomic E-state index is 13.0. The Labute approximate surface area is 180 Å². The number of halogens is 1. The molecule has 3 rings (SSSR count). The minimum Gasteiger partial charge on any atom is -0.376 e. The number of benzene rings is 2. The molecule has 2 aromatic rings. The standard InChI is InChI=1S/C21H24FN3O5S/c22-15-7-9-17(10-8-15)31(28,29)24-12-11-20(26)25-19-6-2-1-5-18(19)21(27)23-14-16-4-3-13-30-16/h1-2,5-10,16,24H,3-4,11-14H2,(H,23,27)(H,25,26). The van der Waals surface area contributed by atoms with Crippen molar-refractivity contribution in [2.45, 2.75) is 30.3 Å². The van der Waals surface area contributed by atoms with E-state index in [1.807, 2.05) is 0 Å². The summed E-state index contributed by atoms with van der Waals surface area (Å²) in [5.74, 6) is -1.33. The Morgan fingerprint density at radius 1 is 1.10 bits per heavy atom. The number of ether oxygens (including phenoxy) is 1. The number of rotatable bonds is 9. The lowest BCUT2D eigenvalue weighted by Crippen LogP contribution is -2.32. The molecule has 2 amide bonds. The predicted molar refractivity (Wildman–Crippen MR) is 113 cm³/mol. The molecule has 1 saturated heterocycles. The Bertz CT molecular complexity index is 1020. The van der Waals surface area contributed by atoms with Gasteiger partial charge in [0, 0.05) is 26.1 Å². The zero-order valence-electron chi connectivity index (χ0n) is 16.8. The van der Waals surface area contributed by atoms with Gasteiger partial charge in [0.15, 0.2) is 0 Å². The maximum Gasteiger partial charge on any atom is 0.253 e. The van der Waals surface area contributed by atoms with Crippen LogP contribution in [0.4, 0.5) is 10.1 Å². The molecule has 0 radical (unpaired) electrons. The van der Waals surface area contributed by atoms with Crippen molar-refractivity contribution in [3.8, 4) is 0 Å². The highest BCUT2D eigenvalue weighted by Crippen LogP contribution is 2.16. The molecule has 0 saturated carbocycles. The summed E-state index contributed by atoms with van der Waals surface area (Å²) >= 11 is 0. The van der Waals surface area contributed by atoms with Gasteiger partial charge in [-0.1, -0.05) is 12.1 Å². The normalized spacial score (nSPS) is 16.1. The fourth-order valence-corrected chi connectivity index (χ4v) is 4.14. The minimum atomic E-state index is -3.86. The summed E-state index contributed by atoms with van der Waals surface area (Å²) in [5.41, 5.74) is 0.638. The summed E-state index contributed by atoms with van der Waals surface area (Å²) in [6, 6.07) is 10.9. The molecule has 1 unspecified atom stereocenters. The lowest BCUT2D eigenvalue weighted by molar-refractivity contribution is -0.116. The second-order valence-corrected chi connectivity index (χ2v) is 8.81. The van der Waals surface area contributed by atoms with Gasteiger partial charge >= 0.3 is 0 Å². The fourth-order valence-electron chi connectivity index (χ4n) is 3.11. The second kappa shape index (κ2) is 10.5. The minimum absolute atomic E-state index is 0.000154. The zero-order chi connectivity index (χ0) is 22.3. The van der Waals surface area contributed by atoms with Crippen LogP contribution in [-0.2, 0) is 19.6 Å². The van der Waals surface area contributed by atoms with E-state index in [2.05, 4.69) is 15.4 Å². The van der Waals surface area contributed by atoms with Crippen molar-refractivity contribution in [3.05, 3.63) is 59.9 Å². The Kier molecular flexibility index (Phi) is 7.72. The average Bonchev–Trinajstić information content (AvgIpc) is 3.26. The van der Waals surface area contributed by atoms with Gasteiger partial charge < -0.3 is 15.4 Å². The van der Waals surface area contributed by atoms with Crippen LogP contribution in [0.2, 0.25) is 0 Å². The van der Waals surface area contributed by atoms with Gasteiger partial charge in [-0.15, -0.1) is 0 Å². The number of carbonyl (C=O) groups is 2. The fraction of sp³-hybridized carbons (Fsp3) is 0.333. The highest BCUT2D eigenvalue weighted by atomic mass is 32.2. The van der Waals surface area contributed by atoms with Crippen LogP contribution in [-0.4, -0.2) is 46.0 Å². The number of sulfonamides is 1. The molecule has 0 aromatic heterocycles. The van der Waals surface area contributed by atoms with E-state index >= 15 is 0 Å². The van der Waals surface area contributed by atoms with Gasteiger partial charge in [-0.2, -0.15) is 0 Å². The molecular weight excluding hydrogens is 425 g/mol. The number of amides is 2. The number of para-hydroxylation sites is 1. The molecule has 1 fully saturated rings. The van der Waals surface area contributed by atoms with Crippen LogP contribution in [0.15, 0.2) is 53.4 Å². The molecule has 0 aliphatic carbocycles. The van der Waals surface area contributed by atoms with Crippen molar-refractivity contribution in [3.63, 3.8) is 0 Å². The third-order valence-electron chi connectivity index (χ3n) is 4.73. The van der Waals surface area contributed by atoms with Crippen molar-refractivity contribution >= 4 is 27.5 Å². The van der Waals surface area contributed by atoms with E-state index in [1.165, 1.54) is 0 Å². The Hall–Kier alpha value is -2.82. The molecule has 3 N–H and O–H groups in total. The van der Waals surface area contributed by atoms with Gasteiger partial charge in [0.25, 0.3) is 5.91 Å². The first kappa shape index (κ1) is 22.9. The van der Waals surface area contributed by atoms with Crippen LogP contribution in [0.5, 0.6) is 0 Å². The highest BCUT2D eigenvalue weighted by molar-refractivity contribution is 7.89. The van der Waals surface area contributed by atoms with E-state index in [1.54, 1.807) is 24.3 Å². The number of hydrogen-bond donors (Lipinski definition) is 3. The molecule has 31 heavy (non-hydrogen) atoms. The number of nitrogens with one attached hydrogen (secondary N) is 3. The Balaban J connectivity index is 1.52. The van der Waals surface area contributed by atoms with Gasteiger partial charge in [-0.25, -0.2) is 17.5 Å². The summed E-state index contributed by atoms with van der Waals surface area (Å²) in [4.78, 5) is 24.7. The largest absolute Gasteiger partial charge is 0.376 e. The SMILES string of the molecule is O=C(CCNS(=O)(=O)c1ccc(F)cc1)Nc1ccccc1C(=O)NCC1CCCO1. The molecule has 1 aliphatic heterocycles. The van der Waals surface area contributed by atoms with Crippen LogP contribution in [0.3, 0.4) is 0 Å². The van der Waals surface area contributed by atoms with E-state index in [9.17, 15) is 22.4 Å². The lowest BCUT2D eigenvalue weighted by Gasteiger charge is -2.14. The van der Waals surface area contributed by atoms with E-state index in [-0.39, 0.29) is 29.9 Å². The molecule has 166 valence electrons. The topological polar surface area (TPSA) is 114 Å². The van der Waals surface area contributed by atoms with E-state index in [0.717, 1.165) is 37.1 Å². The van der Waals surface area contributed by atoms with Crippen molar-refractivity contribution in [1.82, 2.24) is 10.0 Å². The van der Waals surface area contributed by atoms with E-state index < -0.39 is 21.7 Å². The van der Waals surface area contributed by atoms with E-state index in [4.69, 9.17) is 4.74 Å². The van der Waals surface area contributed by atoms with Crippen molar-refractivity contribution in [2.24, 2.45) is 0 Å². The Morgan fingerprint density at radius 3 is 2.55 bits per heavy atom. The molecule has 1 atom stereocenters. The second-order valence-electron chi connectivity index (χ2n) is 7.04. The van der Waals surface area contributed by atoms with Crippen LogP contribution in [0.1, 0.15) is 29.6 Å². The summed E-state index contributed by atoms with van der Waals surface area (Å²) < 4.78 is 45.1. The zero-order valence-corrected chi connectivity index (χ0v) is 17.6. The van der Waals surface area contributed by atoms with Gasteiger partial charge in [-0.05, 0) is 49.2 Å². The van der Waals surface area contributed by atoms with Crippen molar-refractivity contribution in [2.75, 3.05) is 25.0 Å². The summed E-state index contributed by atoms with van der Waals surface area (Å²) in [6.07, 6.45) is 1.72. The predicted octanol–water partition coefficient (Wildman–Crippen LogP) is 2.04. The van der Waals surface area contributed by atoms with Gasteiger partial charge in [0.2, 0.25) is 15.9 Å². The Morgan fingerprint density at radius 2 is 1.84 bits per heavy atom. The van der Waals surface area contributed by atoms with Crippen LogP contribution >= 0.6 is 0 Å². The number of hydrogen-bond acceptors (Lipinski definition) is 5. The van der Waals surface area contributed by atoms with Crippen molar-refractivity contribution < 1.29 is 27.1 Å². The molecule has 1 heterocycles. The quantitative estimate of drug-likeness (QED) is 0.542. The van der Waals surface area contributed by atoms with Gasteiger partial charge in [0.1, 0.15) is 5.82 Å². The summed E-state index contributed by atoms with van der Waals surface area (Å²) in [6.45, 7) is 0.934. The molecule has 0 spiro atoms. The molecule has 10 heteroatoms. The van der Waals surface area contributed by atoms with Crippen molar-refractivity contribution in [1.29, 1.82) is 0 Å². The molecule has 0 bridgehead atoms. The van der Waals surface area contributed by atoms with Crippen LogP contribution < -0.4 is 15.4 Å². The first-order valence-corrected chi connectivity index (χ1v) is 11.4. The monoisotopic (exact) mass is 449 g/mol. The van der Waals surface area contributed by atoms with E-state index in [0.29, 0.717) is 24.4 Å². The summed E-state index contributed by atoms with van der Waals surface area (Å²) in [7, 11) is -3.86. The molecule has 8 nitrogen and oxygen atoms in total. The van der Waals surface area contributed by atoms with Crippen LogP contribution in [0.25, 0.3) is 0 Å². The lowest BCUT2D eigenvalue weighted by atomic mass is 10.1. The molecular formula is C21H24FN3O5S. The first-order valence-electron chi connectivity index (χ1n) is 9.89. The smallest absolute Gasteiger partial charge is 0.253 e. The number of anilines is 1. The molecule has 2 aromatic carbocycles. The summed E-state index contributed by atoms with van der Waals surface area (Å²) in [5, 5.41) is 5.44. The number of carbonyl (C=O) groups excluding carboxylic acids is 2. The highest BCUT2D eigenvalue weighted by Gasteiger charge is 2.19. The van der Waals surface area contributed by atoms with Gasteiger partial charge in [0.05, 0.1) is 22.3 Å². The maximum atomic E-state index is 13.0. The first-order chi connectivity index (χ1) is 14.8. The third-order valence-corrected chi connectivity index (χ3v) is 6.21. The molecule has 1 aliphatic rings. The van der Waals surface area contributed by atoms with Gasteiger partial charge in [-0.3, -0.25) is 9.59 Å². The third kappa shape index (κ3) is 6.58.